The Hall–Kier alpha value is -7.29. The van der Waals surface area contributed by atoms with Gasteiger partial charge in [-0.05, 0) is 69.8 Å². The van der Waals surface area contributed by atoms with Gasteiger partial charge < -0.3 is 40.5 Å². The Labute approximate surface area is 337 Å². The minimum atomic E-state index is -1.26. The number of carboxylic acid groups (broad SMARTS) is 4. The second-order valence-corrected chi connectivity index (χ2v) is 12.3. The number of carbonyl (C=O) groups excluding carboxylic acids is 1. The number of rotatable bonds is 14. The SMILES string of the molecule is CCOc1cc2ncc(C#N)c(Nc3ccc(OCc4ccccn4)c(Cl)c3)c2cc1NC(=O)/C=C/[C@H]1CCCN1C.O=C(O)C=CC(=O)O.O=C(O)C=CC(=O)O. The first-order valence-electron chi connectivity index (χ1n) is 17.3. The number of benzene rings is 2. The molecule has 1 aliphatic heterocycles. The highest BCUT2D eigenvalue weighted by Crippen LogP contribution is 2.37. The Morgan fingerprint density at radius 1 is 0.914 bits per heavy atom. The number of ether oxygens (including phenoxy) is 2. The van der Waals surface area contributed by atoms with E-state index in [0.29, 0.717) is 81.0 Å². The van der Waals surface area contributed by atoms with Crippen LogP contribution in [0, 0.1) is 11.3 Å². The smallest absolute Gasteiger partial charge is 0.328 e. The Morgan fingerprint density at radius 3 is 2.12 bits per heavy atom. The van der Waals surface area contributed by atoms with Crippen molar-refractivity contribution in [3.8, 4) is 17.6 Å². The maximum absolute atomic E-state index is 12.9. The van der Waals surface area contributed by atoms with Gasteiger partial charge in [0.2, 0.25) is 5.91 Å². The number of hydrogen-bond acceptors (Lipinski definition) is 12. The van der Waals surface area contributed by atoms with Crippen LogP contribution in [0.4, 0.5) is 17.1 Å². The fraction of sp³-hybridized carbons (Fsp3) is 0.200. The van der Waals surface area contributed by atoms with Crippen molar-refractivity contribution in [1.82, 2.24) is 14.9 Å². The van der Waals surface area contributed by atoms with Gasteiger partial charge in [0.1, 0.15) is 24.2 Å². The van der Waals surface area contributed by atoms with Crippen LogP contribution < -0.4 is 20.1 Å². The number of likely N-dealkylation sites (tertiary alicyclic amines) is 1. The lowest BCUT2D eigenvalue weighted by Crippen LogP contribution is -2.23. The van der Waals surface area contributed by atoms with Crippen LogP contribution in [0.15, 0.2) is 97.4 Å². The molecule has 0 radical (unpaired) electrons. The molecule has 0 unspecified atom stereocenters. The van der Waals surface area contributed by atoms with E-state index in [1.54, 1.807) is 36.5 Å². The number of halogens is 1. The summed E-state index contributed by atoms with van der Waals surface area (Å²) in [5, 5.41) is 48.4. The summed E-state index contributed by atoms with van der Waals surface area (Å²) in [7, 11) is 2.06. The first-order valence-corrected chi connectivity index (χ1v) is 17.6. The van der Waals surface area contributed by atoms with Gasteiger partial charge in [-0.15, -0.1) is 0 Å². The first-order chi connectivity index (χ1) is 27.7. The molecule has 2 aromatic heterocycles. The lowest BCUT2D eigenvalue weighted by molar-refractivity contribution is -0.134. The van der Waals surface area contributed by atoms with E-state index in [0.717, 1.165) is 25.1 Å². The summed E-state index contributed by atoms with van der Waals surface area (Å²) in [6.07, 6.45) is 11.1. The van der Waals surface area contributed by atoms with Crippen LogP contribution in [0.5, 0.6) is 11.5 Å². The average Bonchev–Trinajstić information content (AvgIpc) is 3.60. The van der Waals surface area contributed by atoms with Crippen molar-refractivity contribution in [1.29, 1.82) is 5.26 Å². The maximum atomic E-state index is 12.9. The lowest BCUT2D eigenvalue weighted by atomic mass is 10.1. The van der Waals surface area contributed by atoms with E-state index in [-0.39, 0.29) is 18.6 Å². The molecule has 0 aliphatic carbocycles. The van der Waals surface area contributed by atoms with Crippen molar-refractivity contribution in [3.05, 3.63) is 114 Å². The van der Waals surface area contributed by atoms with Crippen LogP contribution in [0.2, 0.25) is 5.02 Å². The lowest BCUT2D eigenvalue weighted by Gasteiger charge is -2.17. The number of carbonyl (C=O) groups is 5. The van der Waals surface area contributed by atoms with Gasteiger partial charge in [0.05, 0.1) is 39.8 Å². The van der Waals surface area contributed by atoms with Gasteiger partial charge in [-0.2, -0.15) is 5.26 Å². The Bertz CT molecular complexity index is 2170. The zero-order valence-electron chi connectivity index (χ0n) is 31.2. The van der Waals surface area contributed by atoms with E-state index in [1.165, 1.54) is 6.20 Å². The van der Waals surface area contributed by atoms with Crippen LogP contribution in [0.3, 0.4) is 0 Å². The Morgan fingerprint density at radius 2 is 1.59 bits per heavy atom. The molecule has 0 bridgehead atoms. The number of nitriles is 1. The van der Waals surface area contributed by atoms with E-state index < -0.39 is 23.9 Å². The topological polar surface area (TPSA) is 262 Å². The van der Waals surface area contributed by atoms with E-state index in [9.17, 15) is 29.2 Å². The van der Waals surface area contributed by atoms with Gasteiger partial charge in [0.25, 0.3) is 0 Å². The van der Waals surface area contributed by atoms with Crippen molar-refractivity contribution in [2.75, 3.05) is 30.8 Å². The summed E-state index contributed by atoms with van der Waals surface area (Å²) in [5.41, 5.74) is 3.38. The summed E-state index contributed by atoms with van der Waals surface area (Å²) in [5.74, 6) is -4.29. The third-order valence-electron chi connectivity index (χ3n) is 7.73. The molecular formula is C40H39ClN6O11. The molecular weight excluding hydrogens is 776 g/mol. The van der Waals surface area contributed by atoms with Crippen molar-refractivity contribution >= 4 is 69.4 Å². The summed E-state index contributed by atoms with van der Waals surface area (Å²) in [6, 6.07) is 16.9. The van der Waals surface area contributed by atoms with Crippen molar-refractivity contribution in [2.45, 2.75) is 32.4 Å². The zero-order chi connectivity index (χ0) is 42.6. The van der Waals surface area contributed by atoms with Gasteiger partial charge in [-0.25, -0.2) is 19.2 Å². The molecule has 17 nitrogen and oxygen atoms in total. The highest BCUT2D eigenvalue weighted by Gasteiger charge is 2.19. The summed E-state index contributed by atoms with van der Waals surface area (Å²) in [4.78, 5) is 62.1. The number of hydrogen-bond donors (Lipinski definition) is 6. The number of nitrogens with one attached hydrogen (secondary N) is 2. The standard InChI is InChI=1S/C32H31ClN6O3.2C4H4O4/c1-3-41-30-17-27-25(16-28(30)38-31(40)12-10-24-8-6-14-39(24)2)32(21(18-34)19-36-27)37-22-9-11-29(26(33)15-22)42-20-23-7-4-5-13-35-23;2*5-3(6)1-2-4(7)8/h4-5,7,9-13,15-17,19,24H,3,6,8,14,20H2,1-2H3,(H,36,37)(H,38,40);2*1-2H,(H,5,6)(H,7,8)/b12-10+;;/t24-;;/m1../s1. The van der Waals surface area contributed by atoms with Crippen LogP contribution in [0.1, 0.15) is 31.0 Å². The van der Waals surface area contributed by atoms with Crippen molar-refractivity contribution < 1.29 is 53.9 Å². The molecule has 58 heavy (non-hydrogen) atoms. The van der Waals surface area contributed by atoms with Gasteiger partial charge in [0, 0.05) is 66.0 Å². The van der Waals surface area contributed by atoms with Crippen LogP contribution in [-0.2, 0) is 30.6 Å². The summed E-state index contributed by atoms with van der Waals surface area (Å²) >= 11 is 6.54. The molecule has 1 amide bonds. The molecule has 4 aromatic rings. The fourth-order valence-electron chi connectivity index (χ4n) is 5.12. The fourth-order valence-corrected chi connectivity index (χ4v) is 5.36. The van der Waals surface area contributed by atoms with E-state index in [1.807, 2.05) is 37.3 Å². The number of carboxylic acids is 4. The first kappa shape index (κ1) is 45.1. The summed E-state index contributed by atoms with van der Waals surface area (Å²) < 4.78 is 11.7. The molecule has 18 heteroatoms. The third kappa shape index (κ3) is 15.1. The van der Waals surface area contributed by atoms with Crippen LogP contribution >= 0.6 is 11.6 Å². The second-order valence-electron chi connectivity index (χ2n) is 11.9. The number of nitrogens with zero attached hydrogens (tertiary/aromatic N) is 4. The van der Waals surface area contributed by atoms with E-state index >= 15 is 0 Å². The van der Waals surface area contributed by atoms with Crippen molar-refractivity contribution in [2.24, 2.45) is 0 Å². The molecule has 3 heterocycles. The highest BCUT2D eigenvalue weighted by molar-refractivity contribution is 6.32. The zero-order valence-corrected chi connectivity index (χ0v) is 31.9. The average molecular weight is 815 g/mol. The predicted molar refractivity (Wildman–Crippen MR) is 213 cm³/mol. The largest absolute Gasteiger partial charge is 0.492 e. The molecule has 1 aliphatic rings. The number of fused-ring (bicyclic) bond motifs is 1. The number of aromatic nitrogens is 2. The molecule has 1 saturated heterocycles. The predicted octanol–water partition coefficient (Wildman–Crippen LogP) is 5.89. The minimum absolute atomic E-state index is 0.246. The molecule has 0 spiro atoms. The number of anilines is 3. The van der Waals surface area contributed by atoms with E-state index in [4.69, 9.17) is 41.5 Å². The monoisotopic (exact) mass is 814 g/mol. The normalized spacial score (nSPS) is 13.5. The third-order valence-corrected chi connectivity index (χ3v) is 8.03. The molecule has 6 N–H and O–H groups in total. The van der Waals surface area contributed by atoms with Gasteiger partial charge in [0.15, 0.2) is 0 Å². The number of amides is 1. The maximum Gasteiger partial charge on any atom is 0.328 e. The number of likely N-dealkylation sites (N-methyl/N-ethyl adjacent to an activating group) is 1. The van der Waals surface area contributed by atoms with Crippen molar-refractivity contribution in [3.63, 3.8) is 0 Å². The highest BCUT2D eigenvalue weighted by atomic mass is 35.5. The van der Waals surface area contributed by atoms with Crippen LogP contribution in [0.25, 0.3) is 10.9 Å². The second kappa shape index (κ2) is 22.9. The minimum Gasteiger partial charge on any atom is -0.492 e. The molecule has 0 saturated carbocycles. The van der Waals surface area contributed by atoms with Gasteiger partial charge >= 0.3 is 23.9 Å². The summed E-state index contributed by atoms with van der Waals surface area (Å²) in [6.45, 7) is 3.58. The van der Waals surface area contributed by atoms with Crippen LogP contribution in [-0.4, -0.2) is 91.3 Å². The molecule has 302 valence electrons. The van der Waals surface area contributed by atoms with E-state index in [2.05, 4.69) is 38.6 Å². The number of aliphatic carboxylic acids is 4. The Kier molecular flexibility index (Phi) is 17.8. The quantitative estimate of drug-likeness (QED) is 0.0811. The molecule has 2 aromatic carbocycles. The molecule has 1 atom stereocenters. The Balaban J connectivity index is 0.000000473. The van der Waals surface area contributed by atoms with Gasteiger partial charge in [-0.3, -0.25) is 19.7 Å². The number of pyridine rings is 2. The molecule has 5 rings (SSSR count). The molecule has 1 fully saturated rings. The van der Waals surface area contributed by atoms with Gasteiger partial charge in [-0.1, -0.05) is 23.7 Å².